The lowest BCUT2D eigenvalue weighted by molar-refractivity contribution is -0.132. The molecule has 0 atom stereocenters. The molecule has 0 N–H and O–H groups in total. The summed E-state index contributed by atoms with van der Waals surface area (Å²) in [7, 11) is 0. The standard InChI is InChI=1S/C21H27N5O/c1-3-25(4-2)20(27)16-24-10-7-11-26(13-12-24)21-17(14-22)15-23-19-9-6-5-8-18(19)21/h5-6,8-9,15H,3-4,7,10-13,16H2,1-2H3. The van der Waals surface area contributed by atoms with Crippen molar-refractivity contribution in [3.8, 4) is 6.07 Å². The number of aromatic nitrogens is 1. The third kappa shape index (κ3) is 4.20. The molecule has 0 bridgehead atoms. The third-order valence-corrected chi connectivity index (χ3v) is 5.25. The van der Waals surface area contributed by atoms with Crippen LogP contribution in [0.2, 0.25) is 0 Å². The van der Waals surface area contributed by atoms with Gasteiger partial charge in [0.05, 0.1) is 23.3 Å². The Labute approximate surface area is 161 Å². The minimum atomic E-state index is 0.195. The van der Waals surface area contributed by atoms with Crippen molar-refractivity contribution in [2.75, 3.05) is 50.7 Å². The van der Waals surface area contributed by atoms with E-state index in [1.54, 1.807) is 6.20 Å². The van der Waals surface area contributed by atoms with E-state index in [-0.39, 0.29) is 5.91 Å². The van der Waals surface area contributed by atoms with Crippen LogP contribution in [0.1, 0.15) is 25.8 Å². The highest BCUT2D eigenvalue weighted by atomic mass is 16.2. The van der Waals surface area contributed by atoms with Crippen molar-refractivity contribution in [2.45, 2.75) is 20.3 Å². The molecule has 27 heavy (non-hydrogen) atoms. The number of amides is 1. The number of carbonyl (C=O) groups excluding carboxylic acids is 1. The van der Waals surface area contributed by atoms with Gasteiger partial charge in [0, 0.05) is 50.9 Å². The molecule has 2 heterocycles. The number of pyridine rings is 1. The molecule has 0 spiro atoms. The molecule has 142 valence electrons. The van der Waals surface area contributed by atoms with Gasteiger partial charge in [-0.25, -0.2) is 0 Å². The predicted molar refractivity (Wildman–Crippen MR) is 108 cm³/mol. The van der Waals surface area contributed by atoms with Gasteiger partial charge in [0.15, 0.2) is 0 Å². The van der Waals surface area contributed by atoms with E-state index in [1.165, 1.54) is 0 Å². The first kappa shape index (κ1) is 19.1. The Hall–Kier alpha value is -2.65. The molecule has 1 aromatic heterocycles. The number of rotatable bonds is 5. The van der Waals surface area contributed by atoms with E-state index in [0.717, 1.165) is 62.3 Å². The zero-order chi connectivity index (χ0) is 19.2. The van der Waals surface area contributed by atoms with E-state index >= 15 is 0 Å². The Morgan fingerprint density at radius 1 is 1.19 bits per heavy atom. The van der Waals surface area contributed by atoms with E-state index < -0.39 is 0 Å². The summed E-state index contributed by atoms with van der Waals surface area (Å²) in [4.78, 5) is 23.2. The van der Waals surface area contributed by atoms with Gasteiger partial charge in [0.1, 0.15) is 6.07 Å². The summed E-state index contributed by atoms with van der Waals surface area (Å²) in [6.45, 7) is 9.40. The van der Waals surface area contributed by atoms with Crippen LogP contribution in [0.4, 0.5) is 5.69 Å². The second-order valence-corrected chi connectivity index (χ2v) is 6.83. The van der Waals surface area contributed by atoms with Gasteiger partial charge in [-0.15, -0.1) is 0 Å². The van der Waals surface area contributed by atoms with Crippen LogP contribution >= 0.6 is 0 Å². The summed E-state index contributed by atoms with van der Waals surface area (Å²) >= 11 is 0. The maximum absolute atomic E-state index is 12.4. The topological polar surface area (TPSA) is 63.5 Å². The third-order valence-electron chi connectivity index (χ3n) is 5.25. The number of fused-ring (bicyclic) bond motifs is 1. The van der Waals surface area contributed by atoms with Crippen molar-refractivity contribution in [3.05, 3.63) is 36.0 Å². The largest absolute Gasteiger partial charge is 0.369 e. The number of hydrogen-bond acceptors (Lipinski definition) is 5. The molecule has 1 aromatic carbocycles. The summed E-state index contributed by atoms with van der Waals surface area (Å²) < 4.78 is 0. The van der Waals surface area contributed by atoms with Crippen LogP contribution in [0, 0.1) is 11.3 Å². The molecule has 2 aromatic rings. The van der Waals surface area contributed by atoms with Crippen LogP contribution in [0.3, 0.4) is 0 Å². The van der Waals surface area contributed by atoms with Gasteiger partial charge in [0.25, 0.3) is 0 Å². The van der Waals surface area contributed by atoms with Crippen molar-refractivity contribution >= 4 is 22.5 Å². The Balaban J connectivity index is 1.78. The quantitative estimate of drug-likeness (QED) is 0.815. The van der Waals surface area contributed by atoms with Crippen molar-refractivity contribution in [2.24, 2.45) is 0 Å². The summed E-state index contributed by atoms with van der Waals surface area (Å²) in [5.41, 5.74) is 2.49. The first-order valence-electron chi connectivity index (χ1n) is 9.70. The normalized spacial score (nSPS) is 15.4. The molecule has 0 saturated carbocycles. The molecule has 1 amide bonds. The van der Waals surface area contributed by atoms with Crippen LogP contribution in [0.5, 0.6) is 0 Å². The molecule has 0 unspecified atom stereocenters. The number of likely N-dealkylation sites (N-methyl/N-ethyl adjacent to an activating group) is 1. The highest BCUT2D eigenvalue weighted by Crippen LogP contribution is 2.30. The molecule has 6 nitrogen and oxygen atoms in total. The minimum absolute atomic E-state index is 0.195. The van der Waals surface area contributed by atoms with Gasteiger partial charge in [-0.3, -0.25) is 14.7 Å². The van der Waals surface area contributed by atoms with Gasteiger partial charge in [-0.05, 0) is 26.3 Å². The Morgan fingerprint density at radius 3 is 2.70 bits per heavy atom. The fourth-order valence-corrected chi connectivity index (χ4v) is 3.77. The second-order valence-electron chi connectivity index (χ2n) is 6.83. The lowest BCUT2D eigenvalue weighted by Crippen LogP contribution is -2.41. The maximum atomic E-state index is 12.4. The fourth-order valence-electron chi connectivity index (χ4n) is 3.77. The summed E-state index contributed by atoms with van der Waals surface area (Å²) in [6.07, 6.45) is 2.64. The molecule has 1 saturated heterocycles. The Morgan fingerprint density at radius 2 is 1.96 bits per heavy atom. The summed E-state index contributed by atoms with van der Waals surface area (Å²) in [6, 6.07) is 10.3. The number of anilines is 1. The fraction of sp³-hybridized carbons (Fsp3) is 0.476. The van der Waals surface area contributed by atoms with Crippen LogP contribution in [0.25, 0.3) is 10.9 Å². The first-order chi connectivity index (χ1) is 13.2. The number of benzene rings is 1. The molecule has 0 radical (unpaired) electrons. The minimum Gasteiger partial charge on any atom is -0.369 e. The number of nitrogens with zero attached hydrogens (tertiary/aromatic N) is 5. The van der Waals surface area contributed by atoms with Crippen molar-refractivity contribution in [1.29, 1.82) is 5.26 Å². The average molecular weight is 365 g/mol. The zero-order valence-electron chi connectivity index (χ0n) is 16.2. The molecule has 0 aliphatic carbocycles. The highest BCUT2D eigenvalue weighted by molar-refractivity contribution is 5.94. The molecular formula is C21H27N5O. The number of carbonyl (C=O) groups is 1. The molecule has 1 fully saturated rings. The maximum Gasteiger partial charge on any atom is 0.236 e. The second kappa shape index (κ2) is 8.83. The number of hydrogen-bond donors (Lipinski definition) is 0. The average Bonchev–Trinajstić information content (AvgIpc) is 2.93. The highest BCUT2D eigenvalue weighted by Gasteiger charge is 2.22. The van der Waals surface area contributed by atoms with Crippen molar-refractivity contribution in [1.82, 2.24) is 14.8 Å². The van der Waals surface area contributed by atoms with Crippen LogP contribution < -0.4 is 4.90 Å². The van der Waals surface area contributed by atoms with Crippen molar-refractivity contribution < 1.29 is 4.79 Å². The van der Waals surface area contributed by atoms with Gasteiger partial charge < -0.3 is 9.80 Å². The summed E-state index contributed by atoms with van der Waals surface area (Å²) in [5, 5.41) is 10.6. The first-order valence-corrected chi connectivity index (χ1v) is 9.70. The Bertz CT molecular complexity index is 840. The van der Waals surface area contributed by atoms with E-state index in [9.17, 15) is 10.1 Å². The monoisotopic (exact) mass is 365 g/mol. The van der Waals surface area contributed by atoms with Gasteiger partial charge in [0.2, 0.25) is 5.91 Å². The van der Waals surface area contributed by atoms with Gasteiger partial charge in [-0.2, -0.15) is 5.26 Å². The number of nitriles is 1. The van der Waals surface area contributed by atoms with Crippen LogP contribution in [-0.4, -0.2) is 66.5 Å². The molecule has 3 rings (SSSR count). The van der Waals surface area contributed by atoms with E-state index in [1.807, 2.05) is 43.0 Å². The number of para-hydroxylation sites is 1. The SMILES string of the molecule is CCN(CC)C(=O)CN1CCCN(c2c(C#N)cnc3ccccc23)CC1. The van der Waals surface area contributed by atoms with Gasteiger partial charge >= 0.3 is 0 Å². The molecule has 6 heteroatoms. The predicted octanol–water partition coefficient (Wildman–Crippen LogP) is 2.49. The zero-order valence-corrected chi connectivity index (χ0v) is 16.2. The van der Waals surface area contributed by atoms with Crippen molar-refractivity contribution in [3.63, 3.8) is 0 Å². The van der Waals surface area contributed by atoms with E-state index in [4.69, 9.17) is 0 Å². The molecule has 1 aliphatic heterocycles. The lowest BCUT2D eigenvalue weighted by Gasteiger charge is -2.26. The van der Waals surface area contributed by atoms with Gasteiger partial charge in [-0.1, -0.05) is 18.2 Å². The molecular weight excluding hydrogens is 338 g/mol. The van der Waals surface area contributed by atoms with E-state index in [2.05, 4.69) is 20.9 Å². The van der Waals surface area contributed by atoms with Crippen LogP contribution in [-0.2, 0) is 4.79 Å². The van der Waals surface area contributed by atoms with Crippen LogP contribution in [0.15, 0.2) is 30.5 Å². The Kier molecular flexibility index (Phi) is 6.25. The smallest absolute Gasteiger partial charge is 0.236 e. The molecule has 1 aliphatic rings. The summed E-state index contributed by atoms with van der Waals surface area (Å²) in [5.74, 6) is 0.195. The van der Waals surface area contributed by atoms with E-state index in [0.29, 0.717) is 12.1 Å². The lowest BCUT2D eigenvalue weighted by atomic mass is 10.1.